The minimum Gasteiger partial charge on any atom is -0.342 e. The summed E-state index contributed by atoms with van der Waals surface area (Å²) < 4.78 is 0. The van der Waals surface area contributed by atoms with Crippen molar-refractivity contribution in [3.63, 3.8) is 0 Å². The molecule has 18 heavy (non-hydrogen) atoms. The number of nitrogens with two attached hydrogens (primary N) is 1. The summed E-state index contributed by atoms with van der Waals surface area (Å²) in [5, 5.41) is 0. The minimum atomic E-state index is -0.00228. The first-order chi connectivity index (χ1) is 8.53. The van der Waals surface area contributed by atoms with Crippen molar-refractivity contribution in [3.05, 3.63) is 41.9 Å². The predicted octanol–water partition coefficient (Wildman–Crippen LogP) is 3.01. The Morgan fingerprint density at radius 2 is 1.89 bits per heavy atom. The second-order valence-electron chi connectivity index (χ2n) is 5.43. The number of aromatic nitrogens is 2. The van der Waals surface area contributed by atoms with Crippen molar-refractivity contribution in [1.82, 2.24) is 9.97 Å². The number of hydrogen-bond donors (Lipinski definition) is 2. The third-order valence-corrected chi connectivity index (χ3v) is 3.35. The fraction of sp³-hybridized carbons (Fsp3) is 0.400. The molecule has 1 aromatic carbocycles. The Balaban J connectivity index is 2.28. The first kappa shape index (κ1) is 12.8. The van der Waals surface area contributed by atoms with Gasteiger partial charge in [0.25, 0.3) is 0 Å². The molecule has 96 valence electrons. The van der Waals surface area contributed by atoms with Crippen LogP contribution in [0, 0.1) is 6.92 Å². The lowest BCUT2D eigenvalue weighted by molar-refractivity contribution is 0.462. The lowest BCUT2D eigenvalue weighted by Gasteiger charge is -2.20. The number of benzene rings is 1. The van der Waals surface area contributed by atoms with Crippen LogP contribution < -0.4 is 5.73 Å². The first-order valence-electron chi connectivity index (χ1n) is 6.35. The van der Waals surface area contributed by atoms with Crippen molar-refractivity contribution >= 4 is 0 Å². The Labute approximate surface area is 108 Å². The van der Waals surface area contributed by atoms with Gasteiger partial charge in [0.1, 0.15) is 5.82 Å². The second kappa shape index (κ2) is 4.94. The number of nitrogens with one attached hydrogen (secondary N) is 1. The molecular formula is C15H21N3. The quantitative estimate of drug-likeness (QED) is 0.867. The third-order valence-electron chi connectivity index (χ3n) is 3.35. The number of aryl methyl sites for hydroxylation is 1. The van der Waals surface area contributed by atoms with Gasteiger partial charge >= 0.3 is 0 Å². The van der Waals surface area contributed by atoms with Crippen LogP contribution in [-0.4, -0.2) is 16.5 Å². The summed E-state index contributed by atoms with van der Waals surface area (Å²) in [5.41, 5.74) is 9.14. The molecule has 3 N–H and O–H groups in total. The van der Waals surface area contributed by atoms with E-state index in [0.29, 0.717) is 6.54 Å². The van der Waals surface area contributed by atoms with Crippen LogP contribution in [0.15, 0.2) is 30.5 Å². The Morgan fingerprint density at radius 1 is 1.22 bits per heavy atom. The van der Waals surface area contributed by atoms with Crippen molar-refractivity contribution < 1.29 is 0 Å². The Hall–Kier alpha value is -1.61. The standard InChI is InChI=1S/C15H21N3/c1-11-4-6-12(7-5-11)13-10-17-14(18-13)15(2,3)8-9-16/h4-7,10H,8-9,16H2,1-3H3,(H,17,18). The summed E-state index contributed by atoms with van der Waals surface area (Å²) in [6.07, 6.45) is 2.83. The molecule has 0 spiro atoms. The maximum Gasteiger partial charge on any atom is 0.112 e. The molecular weight excluding hydrogens is 222 g/mol. The van der Waals surface area contributed by atoms with Crippen LogP contribution in [0.2, 0.25) is 0 Å². The molecule has 0 saturated carbocycles. The van der Waals surface area contributed by atoms with Gasteiger partial charge in [0.15, 0.2) is 0 Å². The topological polar surface area (TPSA) is 54.7 Å². The molecule has 0 aliphatic carbocycles. The van der Waals surface area contributed by atoms with Crippen LogP contribution in [0.1, 0.15) is 31.7 Å². The van der Waals surface area contributed by atoms with E-state index in [9.17, 15) is 0 Å². The molecule has 0 aliphatic rings. The summed E-state index contributed by atoms with van der Waals surface area (Å²) in [6.45, 7) is 7.09. The maximum absolute atomic E-state index is 5.64. The molecule has 0 unspecified atom stereocenters. The molecule has 2 rings (SSSR count). The number of nitrogens with zero attached hydrogens (tertiary/aromatic N) is 1. The molecule has 0 amide bonds. The van der Waals surface area contributed by atoms with E-state index >= 15 is 0 Å². The molecule has 3 heteroatoms. The number of aromatic amines is 1. The van der Waals surface area contributed by atoms with Gasteiger partial charge < -0.3 is 10.7 Å². The first-order valence-corrected chi connectivity index (χ1v) is 6.35. The van der Waals surface area contributed by atoms with E-state index in [-0.39, 0.29) is 5.41 Å². The van der Waals surface area contributed by atoms with Crippen LogP contribution in [0.4, 0.5) is 0 Å². The van der Waals surface area contributed by atoms with E-state index in [0.717, 1.165) is 17.9 Å². The van der Waals surface area contributed by atoms with Crippen molar-refractivity contribution in [2.45, 2.75) is 32.6 Å². The smallest absolute Gasteiger partial charge is 0.112 e. The summed E-state index contributed by atoms with van der Waals surface area (Å²) in [6, 6.07) is 8.45. The Morgan fingerprint density at radius 3 is 2.50 bits per heavy atom. The molecule has 1 heterocycles. The molecule has 0 radical (unpaired) electrons. The highest BCUT2D eigenvalue weighted by atomic mass is 14.9. The number of H-pyrrole nitrogens is 1. The Bertz CT molecular complexity index is 509. The van der Waals surface area contributed by atoms with Gasteiger partial charge in [0, 0.05) is 5.41 Å². The van der Waals surface area contributed by atoms with Crippen molar-refractivity contribution in [2.75, 3.05) is 6.54 Å². The zero-order valence-corrected chi connectivity index (χ0v) is 11.3. The lowest BCUT2D eigenvalue weighted by Crippen LogP contribution is -2.23. The zero-order valence-electron chi connectivity index (χ0n) is 11.3. The van der Waals surface area contributed by atoms with Gasteiger partial charge in [-0.1, -0.05) is 43.7 Å². The number of rotatable bonds is 4. The van der Waals surface area contributed by atoms with Crippen molar-refractivity contribution in [1.29, 1.82) is 0 Å². The molecule has 0 atom stereocenters. The average Bonchev–Trinajstić information content (AvgIpc) is 2.80. The van der Waals surface area contributed by atoms with Crippen molar-refractivity contribution in [2.24, 2.45) is 5.73 Å². The second-order valence-corrected chi connectivity index (χ2v) is 5.43. The van der Waals surface area contributed by atoms with E-state index in [1.165, 1.54) is 11.1 Å². The van der Waals surface area contributed by atoms with Crippen LogP contribution in [0.5, 0.6) is 0 Å². The number of imidazole rings is 1. The van der Waals surface area contributed by atoms with Gasteiger partial charge in [0.2, 0.25) is 0 Å². The van der Waals surface area contributed by atoms with Gasteiger partial charge in [0.05, 0.1) is 11.9 Å². The molecule has 1 aromatic heterocycles. The molecule has 0 aliphatic heterocycles. The minimum absolute atomic E-state index is 0.00228. The SMILES string of the molecule is Cc1ccc(-c2cnc(C(C)(C)CCN)[nH]2)cc1. The molecule has 2 aromatic rings. The highest BCUT2D eigenvalue weighted by molar-refractivity contribution is 5.58. The van der Waals surface area contributed by atoms with Gasteiger partial charge in [-0.2, -0.15) is 0 Å². The molecule has 0 bridgehead atoms. The van der Waals surface area contributed by atoms with Crippen LogP contribution >= 0.6 is 0 Å². The third kappa shape index (κ3) is 2.62. The fourth-order valence-electron chi connectivity index (χ4n) is 2.02. The molecule has 0 saturated heterocycles. The summed E-state index contributed by atoms with van der Waals surface area (Å²) in [5.74, 6) is 1.00. The van der Waals surface area contributed by atoms with Gasteiger partial charge in [-0.15, -0.1) is 0 Å². The maximum atomic E-state index is 5.64. The number of hydrogen-bond acceptors (Lipinski definition) is 2. The highest BCUT2D eigenvalue weighted by Crippen LogP contribution is 2.26. The van der Waals surface area contributed by atoms with Crippen LogP contribution in [0.25, 0.3) is 11.3 Å². The van der Waals surface area contributed by atoms with E-state index in [1.54, 1.807) is 0 Å². The van der Waals surface area contributed by atoms with Crippen molar-refractivity contribution in [3.8, 4) is 11.3 Å². The largest absolute Gasteiger partial charge is 0.342 e. The highest BCUT2D eigenvalue weighted by Gasteiger charge is 2.23. The van der Waals surface area contributed by atoms with E-state index in [4.69, 9.17) is 5.73 Å². The zero-order chi connectivity index (χ0) is 13.2. The fourth-order valence-corrected chi connectivity index (χ4v) is 2.02. The average molecular weight is 243 g/mol. The molecule has 3 nitrogen and oxygen atoms in total. The van der Waals surface area contributed by atoms with Gasteiger partial charge in [-0.3, -0.25) is 0 Å². The predicted molar refractivity (Wildman–Crippen MR) is 75.5 cm³/mol. The monoisotopic (exact) mass is 243 g/mol. The normalized spacial score (nSPS) is 11.8. The molecule has 0 fully saturated rings. The summed E-state index contributed by atoms with van der Waals surface area (Å²) in [7, 11) is 0. The van der Waals surface area contributed by atoms with Crippen LogP contribution in [-0.2, 0) is 5.41 Å². The summed E-state index contributed by atoms with van der Waals surface area (Å²) >= 11 is 0. The van der Waals surface area contributed by atoms with E-state index < -0.39 is 0 Å². The Kier molecular flexibility index (Phi) is 3.53. The lowest BCUT2D eigenvalue weighted by atomic mass is 9.88. The van der Waals surface area contributed by atoms with E-state index in [1.807, 2.05) is 6.20 Å². The van der Waals surface area contributed by atoms with Gasteiger partial charge in [-0.05, 0) is 25.5 Å². The van der Waals surface area contributed by atoms with E-state index in [2.05, 4.69) is 55.0 Å². The van der Waals surface area contributed by atoms with Crippen LogP contribution in [0.3, 0.4) is 0 Å². The van der Waals surface area contributed by atoms with Gasteiger partial charge in [-0.25, -0.2) is 4.98 Å². The summed E-state index contributed by atoms with van der Waals surface area (Å²) in [4.78, 5) is 7.90.